The van der Waals surface area contributed by atoms with Crippen LogP contribution in [0.15, 0.2) is 0 Å². The summed E-state index contributed by atoms with van der Waals surface area (Å²) in [6.07, 6.45) is 2.87. The first kappa shape index (κ1) is 15.1. The summed E-state index contributed by atoms with van der Waals surface area (Å²) < 4.78 is 31.7. The number of nitrogens with zero attached hydrogens (tertiary/aromatic N) is 1. The first-order chi connectivity index (χ1) is 9.07. The van der Waals surface area contributed by atoms with Gasteiger partial charge in [0.05, 0.1) is 18.3 Å². The molecule has 1 aliphatic heterocycles. The number of methoxy groups -OCH3 is 1. The molecule has 1 saturated heterocycles. The molecule has 1 saturated carbocycles. The number of carbonyl (C=O) groups excluding carboxylic acids is 1. The van der Waals surface area contributed by atoms with Crippen LogP contribution in [0, 0.1) is 5.92 Å². The second-order valence-electron chi connectivity index (χ2n) is 5.01. The highest BCUT2D eigenvalue weighted by Gasteiger charge is 2.44. The van der Waals surface area contributed by atoms with Crippen molar-refractivity contribution in [2.75, 3.05) is 31.7 Å². The van der Waals surface area contributed by atoms with E-state index < -0.39 is 21.2 Å². The molecule has 0 bridgehead atoms. The van der Waals surface area contributed by atoms with Crippen molar-refractivity contribution in [3.63, 3.8) is 0 Å². The number of ether oxygens (including phenoxy) is 1. The van der Waals surface area contributed by atoms with Crippen LogP contribution in [0.1, 0.15) is 25.7 Å². The summed E-state index contributed by atoms with van der Waals surface area (Å²) in [5.74, 6) is 0.993. The predicted molar refractivity (Wildman–Crippen MR) is 75.6 cm³/mol. The lowest BCUT2D eigenvalue weighted by Crippen LogP contribution is -2.43. The third kappa shape index (κ3) is 3.25. The van der Waals surface area contributed by atoms with Crippen LogP contribution >= 0.6 is 11.8 Å². The van der Waals surface area contributed by atoms with Crippen molar-refractivity contribution < 1.29 is 17.9 Å². The number of hydrogen-bond acceptors (Lipinski definition) is 5. The predicted octanol–water partition coefficient (Wildman–Crippen LogP) is 1.10. The van der Waals surface area contributed by atoms with Crippen molar-refractivity contribution in [3.8, 4) is 0 Å². The van der Waals surface area contributed by atoms with E-state index in [1.165, 1.54) is 7.11 Å². The maximum atomic E-state index is 12.7. The van der Waals surface area contributed by atoms with Crippen LogP contribution in [0.3, 0.4) is 0 Å². The maximum absolute atomic E-state index is 12.7. The highest BCUT2D eigenvalue weighted by molar-refractivity contribution is 7.99. The van der Waals surface area contributed by atoms with Gasteiger partial charge in [0.2, 0.25) is 10.0 Å². The zero-order chi connectivity index (χ0) is 13.9. The Hall–Kier alpha value is -0.270. The molecule has 0 aromatic rings. The SMILES string of the molecule is COC(=O)C1CCCC1S(=O)(=O)N1CCCSCC1. The quantitative estimate of drug-likeness (QED) is 0.731. The van der Waals surface area contributed by atoms with Gasteiger partial charge < -0.3 is 4.74 Å². The zero-order valence-electron chi connectivity index (χ0n) is 11.2. The molecule has 0 aromatic heterocycles. The van der Waals surface area contributed by atoms with Gasteiger partial charge in [0.15, 0.2) is 0 Å². The topological polar surface area (TPSA) is 63.7 Å². The lowest BCUT2D eigenvalue weighted by atomic mass is 10.1. The lowest BCUT2D eigenvalue weighted by molar-refractivity contribution is -0.145. The molecule has 2 rings (SSSR count). The summed E-state index contributed by atoms with van der Waals surface area (Å²) in [4.78, 5) is 11.7. The summed E-state index contributed by atoms with van der Waals surface area (Å²) in [5.41, 5.74) is 0. The van der Waals surface area contributed by atoms with Crippen LogP contribution in [-0.4, -0.2) is 55.6 Å². The van der Waals surface area contributed by atoms with Crippen LogP contribution in [-0.2, 0) is 19.6 Å². The van der Waals surface area contributed by atoms with Gasteiger partial charge in [0, 0.05) is 18.8 Å². The Morgan fingerprint density at radius 2 is 2.00 bits per heavy atom. The first-order valence-corrected chi connectivity index (χ1v) is 9.37. The first-order valence-electron chi connectivity index (χ1n) is 6.72. The van der Waals surface area contributed by atoms with Crippen molar-refractivity contribution in [2.24, 2.45) is 5.92 Å². The molecule has 0 radical (unpaired) electrons. The minimum absolute atomic E-state index is 0.379. The van der Waals surface area contributed by atoms with Gasteiger partial charge in [-0.2, -0.15) is 11.8 Å². The van der Waals surface area contributed by atoms with E-state index in [1.807, 2.05) is 0 Å². The fourth-order valence-corrected chi connectivity index (χ4v) is 6.11. The van der Waals surface area contributed by atoms with E-state index in [0.29, 0.717) is 25.9 Å². The molecule has 0 aromatic carbocycles. The van der Waals surface area contributed by atoms with Crippen molar-refractivity contribution in [1.82, 2.24) is 4.31 Å². The van der Waals surface area contributed by atoms with E-state index in [1.54, 1.807) is 16.1 Å². The Morgan fingerprint density at radius 3 is 2.74 bits per heavy atom. The molecular formula is C12H21NO4S2. The summed E-state index contributed by atoms with van der Waals surface area (Å²) >= 11 is 1.79. The average molecular weight is 307 g/mol. The molecule has 1 heterocycles. The second kappa shape index (κ2) is 6.45. The van der Waals surface area contributed by atoms with Gasteiger partial charge in [0.25, 0.3) is 0 Å². The van der Waals surface area contributed by atoms with Gasteiger partial charge in [-0.3, -0.25) is 4.79 Å². The van der Waals surface area contributed by atoms with Crippen LogP contribution in [0.4, 0.5) is 0 Å². The molecule has 2 atom stereocenters. The minimum Gasteiger partial charge on any atom is -0.469 e. The minimum atomic E-state index is -3.37. The van der Waals surface area contributed by atoms with E-state index >= 15 is 0 Å². The Balaban J connectivity index is 2.15. The largest absolute Gasteiger partial charge is 0.469 e. The number of esters is 1. The molecule has 7 heteroatoms. The van der Waals surface area contributed by atoms with E-state index in [4.69, 9.17) is 4.74 Å². The normalized spacial score (nSPS) is 29.9. The number of sulfonamides is 1. The van der Waals surface area contributed by atoms with E-state index in [2.05, 4.69) is 0 Å². The summed E-state index contributed by atoms with van der Waals surface area (Å²) in [7, 11) is -2.04. The molecule has 2 aliphatic rings. The summed E-state index contributed by atoms with van der Waals surface area (Å²) in [6, 6.07) is 0. The van der Waals surface area contributed by atoms with Crippen molar-refractivity contribution in [3.05, 3.63) is 0 Å². The van der Waals surface area contributed by atoms with Crippen molar-refractivity contribution >= 4 is 27.8 Å². The van der Waals surface area contributed by atoms with Gasteiger partial charge in [-0.15, -0.1) is 0 Å². The fourth-order valence-electron chi connectivity index (χ4n) is 2.87. The molecule has 0 N–H and O–H groups in total. The van der Waals surface area contributed by atoms with E-state index in [0.717, 1.165) is 24.3 Å². The van der Waals surface area contributed by atoms with E-state index in [-0.39, 0.29) is 5.97 Å². The summed E-state index contributed by atoms with van der Waals surface area (Å²) in [6.45, 7) is 1.15. The molecule has 110 valence electrons. The van der Waals surface area contributed by atoms with Crippen LogP contribution < -0.4 is 0 Å². The Bertz CT molecular complexity index is 415. The maximum Gasteiger partial charge on any atom is 0.310 e. The van der Waals surface area contributed by atoms with Gasteiger partial charge >= 0.3 is 5.97 Å². The average Bonchev–Trinajstić information content (AvgIpc) is 2.73. The van der Waals surface area contributed by atoms with Gasteiger partial charge in [-0.05, 0) is 25.0 Å². The van der Waals surface area contributed by atoms with Crippen molar-refractivity contribution in [1.29, 1.82) is 0 Å². The van der Waals surface area contributed by atoms with Gasteiger partial charge in [-0.25, -0.2) is 12.7 Å². The summed E-state index contributed by atoms with van der Waals surface area (Å²) in [5, 5.41) is -0.581. The Kier molecular flexibility index (Phi) is 5.14. The number of thioether (sulfide) groups is 1. The second-order valence-corrected chi connectivity index (χ2v) is 8.39. The highest BCUT2D eigenvalue weighted by atomic mass is 32.2. The molecule has 2 fully saturated rings. The number of carbonyl (C=O) groups is 1. The third-order valence-corrected chi connectivity index (χ3v) is 7.34. The van der Waals surface area contributed by atoms with E-state index in [9.17, 15) is 13.2 Å². The highest BCUT2D eigenvalue weighted by Crippen LogP contribution is 2.34. The zero-order valence-corrected chi connectivity index (χ0v) is 12.8. The lowest BCUT2D eigenvalue weighted by Gasteiger charge is -2.26. The number of rotatable bonds is 3. The molecule has 5 nitrogen and oxygen atoms in total. The molecular weight excluding hydrogens is 286 g/mol. The van der Waals surface area contributed by atoms with Crippen LogP contribution in [0.2, 0.25) is 0 Å². The Morgan fingerprint density at radius 1 is 1.21 bits per heavy atom. The molecule has 0 spiro atoms. The van der Waals surface area contributed by atoms with Crippen molar-refractivity contribution in [2.45, 2.75) is 30.9 Å². The monoisotopic (exact) mass is 307 g/mol. The molecule has 1 aliphatic carbocycles. The van der Waals surface area contributed by atoms with Gasteiger partial charge in [0.1, 0.15) is 0 Å². The van der Waals surface area contributed by atoms with Crippen LogP contribution in [0.5, 0.6) is 0 Å². The standard InChI is InChI=1S/C12H21NO4S2/c1-17-12(14)10-4-2-5-11(10)19(15,16)13-6-3-8-18-9-7-13/h10-11H,2-9H2,1H3. The van der Waals surface area contributed by atoms with Crippen LogP contribution in [0.25, 0.3) is 0 Å². The molecule has 2 unspecified atom stereocenters. The molecule has 0 amide bonds. The molecule has 19 heavy (non-hydrogen) atoms. The third-order valence-electron chi connectivity index (χ3n) is 3.88. The Labute approximate surface area is 119 Å². The fraction of sp³-hybridized carbons (Fsp3) is 0.917. The number of hydrogen-bond donors (Lipinski definition) is 0. The smallest absolute Gasteiger partial charge is 0.310 e. The van der Waals surface area contributed by atoms with Gasteiger partial charge in [-0.1, -0.05) is 6.42 Å².